The summed E-state index contributed by atoms with van der Waals surface area (Å²) in [7, 11) is 1.30. The Morgan fingerprint density at radius 2 is 1.80 bits per heavy atom. The monoisotopic (exact) mass is 657 g/mol. The predicted molar refractivity (Wildman–Crippen MR) is 151 cm³/mol. The summed E-state index contributed by atoms with van der Waals surface area (Å²) in [5.41, 5.74) is -3.09. The smallest absolute Gasteiger partial charge is 0.435 e. The van der Waals surface area contributed by atoms with Crippen LogP contribution >= 0.6 is 11.6 Å². The average Bonchev–Trinajstić information content (AvgIpc) is 3.66. The van der Waals surface area contributed by atoms with Crippen LogP contribution in [-0.2, 0) is 18.0 Å². The minimum absolute atomic E-state index is 0.00473. The first kappa shape index (κ1) is 32.2. The third kappa shape index (κ3) is 7.05. The van der Waals surface area contributed by atoms with Crippen LogP contribution in [0.1, 0.15) is 72.7 Å². The molecule has 17 heteroatoms. The maximum atomic E-state index is 13.7. The number of aromatic nitrogens is 4. The Morgan fingerprint density at radius 1 is 1.13 bits per heavy atom. The van der Waals surface area contributed by atoms with Crippen LogP contribution in [0.2, 0.25) is 5.02 Å². The zero-order valence-corrected chi connectivity index (χ0v) is 25.2. The van der Waals surface area contributed by atoms with E-state index in [1.807, 2.05) is 0 Å². The third-order valence-corrected chi connectivity index (χ3v) is 7.57. The molecule has 2 aliphatic carbocycles. The fourth-order valence-electron chi connectivity index (χ4n) is 4.63. The highest BCUT2D eigenvalue weighted by Gasteiger charge is 2.59. The molecule has 1 unspecified atom stereocenters. The first-order chi connectivity index (χ1) is 20.8. The molecule has 1 aromatic carbocycles. The predicted octanol–water partition coefficient (Wildman–Crippen LogP) is 5.58. The standard InChI is InChI=1S/C28H29ClF5N7O4/c1-25(2,3)45-24(44)38-26(7-8-26)13-36-22(42)15-6-5-14(9-17(15)29)37-23(43)21-35-11-18(40(21)4)16-12-41(19-10-27(19,30)31)39-20(16)28(32,33)34/h5-6,9,11-12,19H,7-8,10,13H2,1-4H3,(H,36,42)(H,37,43)(H,38,44). The topological polar surface area (TPSA) is 132 Å². The Hall–Kier alpha value is -4.21. The van der Waals surface area contributed by atoms with Gasteiger partial charge in [-0.3, -0.25) is 14.3 Å². The molecule has 2 aromatic heterocycles. The van der Waals surface area contributed by atoms with Crippen molar-refractivity contribution >= 4 is 35.2 Å². The molecule has 1 atom stereocenters. The molecule has 3 aromatic rings. The van der Waals surface area contributed by atoms with Gasteiger partial charge in [-0.2, -0.15) is 18.3 Å². The van der Waals surface area contributed by atoms with Crippen molar-refractivity contribution in [3.8, 4) is 11.3 Å². The summed E-state index contributed by atoms with van der Waals surface area (Å²) >= 11 is 6.31. The van der Waals surface area contributed by atoms with E-state index < -0.39 is 64.9 Å². The number of amides is 3. The molecular weight excluding hydrogens is 629 g/mol. The van der Waals surface area contributed by atoms with Gasteiger partial charge in [-0.15, -0.1) is 0 Å². The van der Waals surface area contributed by atoms with E-state index in [4.69, 9.17) is 16.3 Å². The lowest BCUT2D eigenvalue weighted by Crippen LogP contribution is -2.47. The maximum Gasteiger partial charge on any atom is 0.435 e. The van der Waals surface area contributed by atoms with Crippen molar-refractivity contribution < 1.29 is 41.1 Å². The lowest BCUT2D eigenvalue weighted by Gasteiger charge is -2.23. The van der Waals surface area contributed by atoms with E-state index in [1.54, 1.807) is 20.8 Å². The molecule has 45 heavy (non-hydrogen) atoms. The first-order valence-corrected chi connectivity index (χ1v) is 14.1. The molecule has 0 aliphatic heterocycles. The van der Waals surface area contributed by atoms with E-state index >= 15 is 0 Å². The number of ether oxygens (including phenoxy) is 1. The number of hydrogen-bond donors (Lipinski definition) is 3. The second-order valence-corrected chi connectivity index (χ2v) is 12.5. The Balaban J connectivity index is 1.25. The summed E-state index contributed by atoms with van der Waals surface area (Å²) in [4.78, 5) is 41.9. The second kappa shape index (κ2) is 11.0. The number of benzene rings is 1. The minimum atomic E-state index is -4.95. The summed E-state index contributed by atoms with van der Waals surface area (Å²) < 4.78 is 75.1. The maximum absolute atomic E-state index is 13.7. The van der Waals surface area contributed by atoms with Crippen LogP contribution in [0.3, 0.4) is 0 Å². The fraction of sp³-hybridized carbons (Fsp3) is 0.464. The molecule has 5 rings (SSSR count). The summed E-state index contributed by atoms with van der Waals surface area (Å²) in [5.74, 6) is -4.77. The number of halogens is 6. The van der Waals surface area contributed by atoms with E-state index in [1.165, 1.54) is 25.2 Å². The van der Waals surface area contributed by atoms with E-state index in [-0.39, 0.29) is 34.3 Å². The number of carbonyl (C=O) groups excluding carboxylic acids is 3. The molecule has 2 heterocycles. The quantitative estimate of drug-likeness (QED) is 0.271. The van der Waals surface area contributed by atoms with Crippen LogP contribution in [-0.4, -0.2) is 60.8 Å². The van der Waals surface area contributed by atoms with Crippen molar-refractivity contribution in [2.75, 3.05) is 11.9 Å². The SMILES string of the molecule is Cn1c(-c2cn(C3CC3(F)F)nc2C(F)(F)F)cnc1C(=O)Nc1ccc(C(=O)NCC2(NC(=O)OC(C)(C)C)CC2)c(Cl)c1. The average molecular weight is 658 g/mol. The van der Waals surface area contributed by atoms with Crippen molar-refractivity contribution in [1.29, 1.82) is 0 Å². The molecular formula is C28H29ClF5N7O4. The lowest BCUT2D eigenvalue weighted by atomic mass is 10.1. The molecule has 0 spiro atoms. The van der Waals surface area contributed by atoms with Gasteiger partial charge in [0, 0.05) is 31.9 Å². The first-order valence-electron chi connectivity index (χ1n) is 13.8. The molecule has 0 radical (unpaired) electrons. The Bertz CT molecular complexity index is 1670. The van der Waals surface area contributed by atoms with Crippen LogP contribution in [0.25, 0.3) is 11.3 Å². The molecule has 3 amide bonds. The van der Waals surface area contributed by atoms with Crippen LogP contribution in [0.4, 0.5) is 32.4 Å². The summed E-state index contributed by atoms with van der Waals surface area (Å²) in [6.45, 7) is 5.35. The number of anilines is 1. The fourth-order valence-corrected chi connectivity index (χ4v) is 4.90. The van der Waals surface area contributed by atoms with Crippen molar-refractivity contribution in [1.82, 2.24) is 30.0 Å². The number of carbonyl (C=O) groups is 3. The van der Waals surface area contributed by atoms with Crippen LogP contribution < -0.4 is 16.0 Å². The van der Waals surface area contributed by atoms with Gasteiger partial charge in [0.15, 0.2) is 11.5 Å². The summed E-state index contributed by atoms with van der Waals surface area (Å²) in [6.07, 6.45) is -2.98. The van der Waals surface area contributed by atoms with Gasteiger partial charge in [0.1, 0.15) is 11.6 Å². The Kier molecular flexibility index (Phi) is 7.87. The number of nitrogens with zero attached hydrogens (tertiary/aromatic N) is 4. The molecule has 242 valence electrons. The van der Waals surface area contributed by atoms with E-state index in [9.17, 15) is 36.3 Å². The van der Waals surface area contributed by atoms with Gasteiger partial charge in [-0.1, -0.05) is 11.6 Å². The van der Waals surface area contributed by atoms with Crippen LogP contribution in [0.5, 0.6) is 0 Å². The Morgan fingerprint density at radius 3 is 2.36 bits per heavy atom. The summed E-state index contributed by atoms with van der Waals surface area (Å²) in [6, 6.07) is 2.60. The highest BCUT2D eigenvalue weighted by atomic mass is 35.5. The molecule has 2 fully saturated rings. The molecule has 3 N–H and O–H groups in total. The van der Waals surface area contributed by atoms with Gasteiger partial charge < -0.3 is 25.3 Å². The van der Waals surface area contributed by atoms with Crippen molar-refractivity contribution in [3.63, 3.8) is 0 Å². The van der Waals surface area contributed by atoms with Crippen molar-refractivity contribution in [3.05, 3.63) is 52.7 Å². The number of alkyl carbamates (subject to hydrolysis) is 1. The van der Waals surface area contributed by atoms with Gasteiger partial charge in [0.2, 0.25) is 0 Å². The van der Waals surface area contributed by atoms with Gasteiger partial charge in [0.05, 0.1) is 33.6 Å². The second-order valence-electron chi connectivity index (χ2n) is 12.1. The van der Waals surface area contributed by atoms with E-state index in [0.29, 0.717) is 17.5 Å². The van der Waals surface area contributed by atoms with Crippen LogP contribution in [0, 0.1) is 0 Å². The van der Waals surface area contributed by atoms with E-state index in [0.717, 1.165) is 17.0 Å². The zero-order valence-electron chi connectivity index (χ0n) is 24.5. The summed E-state index contributed by atoms with van der Waals surface area (Å²) in [5, 5.41) is 11.4. The van der Waals surface area contributed by atoms with Crippen molar-refractivity contribution in [2.24, 2.45) is 7.05 Å². The molecule has 0 saturated heterocycles. The van der Waals surface area contributed by atoms with E-state index in [2.05, 4.69) is 26.0 Å². The lowest BCUT2D eigenvalue weighted by molar-refractivity contribution is -0.141. The third-order valence-electron chi connectivity index (χ3n) is 7.26. The largest absolute Gasteiger partial charge is 0.444 e. The van der Waals surface area contributed by atoms with Gasteiger partial charge in [0.25, 0.3) is 17.7 Å². The van der Waals surface area contributed by atoms with Crippen molar-refractivity contribution in [2.45, 2.75) is 69.3 Å². The number of alkyl halides is 5. The normalized spacial score (nSPS) is 18.2. The highest BCUT2D eigenvalue weighted by Crippen LogP contribution is 2.53. The van der Waals surface area contributed by atoms with Gasteiger partial charge in [-0.05, 0) is 51.8 Å². The molecule has 2 aliphatic rings. The zero-order chi connectivity index (χ0) is 33.1. The van der Waals surface area contributed by atoms with Gasteiger partial charge >= 0.3 is 12.3 Å². The number of hydrogen-bond acceptors (Lipinski definition) is 6. The number of nitrogens with one attached hydrogen (secondary N) is 3. The molecule has 2 saturated carbocycles. The highest BCUT2D eigenvalue weighted by molar-refractivity contribution is 6.34. The molecule has 11 nitrogen and oxygen atoms in total. The van der Waals surface area contributed by atoms with Gasteiger partial charge in [-0.25, -0.2) is 18.6 Å². The number of rotatable bonds is 8. The van der Waals surface area contributed by atoms with Crippen LogP contribution in [0.15, 0.2) is 30.6 Å². The Labute approximate surface area is 258 Å². The molecule has 0 bridgehead atoms. The number of imidazole rings is 1. The minimum Gasteiger partial charge on any atom is -0.444 e.